The number of nitrogens with one attached hydrogen (secondary N) is 1. The highest BCUT2D eigenvalue weighted by Gasteiger charge is 2.14. The van der Waals surface area contributed by atoms with E-state index in [2.05, 4.69) is 15.3 Å². The molecule has 0 radical (unpaired) electrons. The molecule has 0 aliphatic carbocycles. The van der Waals surface area contributed by atoms with Crippen molar-refractivity contribution >= 4 is 12.2 Å². The highest BCUT2D eigenvalue weighted by Crippen LogP contribution is 2.13. The van der Waals surface area contributed by atoms with Gasteiger partial charge in [-0.25, -0.2) is 4.68 Å². The molecule has 2 aromatic rings. The third-order valence-electron chi connectivity index (χ3n) is 2.70. The van der Waals surface area contributed by atoms with Gasteiger partial charge in [-0.3, -0.25) is 14.5 Å². The van der Waals surface area contributed by atoms with E-state index in [1.807, 2.05) is 6.92 Å². The van der Waals surface area contributed by atoms with Gasteiger partial charge in [0.2, 0.25) is 0 Å². The molecule has 7 nitrogen and oxygen atoms in total. The van der Waals surface area contributed by atoms with Gasteiger partial charge in [0.1, 0.15) is 0 Å². The number of rotatable bonds is 4. The van der Waals surface area contributed by atoms with Crippen LogP contribution in [-0.4, -0.2) is 38.3 Å². The first kappa shape index (κ1) is 13.6. The van der Waals surface area contributed by atoms with E-state index < -0.39 is 0 Å². The van der Waals surface area contributed by atoms with Crippen molar-refractivity contribution < 1.29 is 4.74 Å². The number of aromatic nitrogens is 5. The summed E-state index contributed by atoms with van der Waals surface area (Å²) < 4.78 is 8.54. The first-order valence-electron chi connectivity index (χ1n) is 5.74. The van der Waals surface area contributed by atoms with E-state index in [0.29, 0.717) is 29.3 Å². The Labute approximate surface area is 114 Å². The summed E-state index contributed by atoms with van der Waals surface area (Å²) in [7, 11) is 3.22. The predicted octanol–water partition coefficient (Wildman–Crippen LogP) is 0.656. The van der Waals surface area contributed by atoms with E-state index in [1.54, 1.807) is 24.8 Å². The van der Waals surface area contributed by atoms with Gasteiger partial charge in [0.05, 0.1) is 24.4 Å². The SMILES string of the molecule is COCCn1c(-c2cc(C)nn(C)c2=O)n[nH]c1=S. The number of ether oxygens (including phenoxy) is 1. The minimum absolute atomic E-state index is 0.210. The molecule has 2 heterocycles. The van der Waals surface area contributed by atoms with Crippen LogP contribution in [0.4, 0.5) is 0 Å². The molecule has 0 saturated heterocycles. The maximum Gasteiger partial charge on any atom is 0.277 e. The Bertz CT molecular complexity index is 700. The molecule has 0 atom stereocenters. The summed E-state index contributed by atoms with van der Waals surface area (Å²) in [5.41, 5.74) is 1.00. The average Bonchev–Trinajstić information content (AvgIpc) is 2.72. The van der Waals surface area contributed by atoms with Crippen LogP contribution in [0.25, 0.3) is 11.4 Å². The van der Waals surface area contributed by atoms with E-state index in [0.717, 1.165) is 5.69 Å². The van der Waals surface area contributed by atoms with Crippen LogP contribution in [-0.2, 0) is 18.3 Å². The molecule has 8 heteroatoms. The molecule has 2 aromatic heterocycles. The van der Waals surface area contributed by atoms with Crippen LogP contribution in [0, 0.1) is 11.7 Å². The number of methoxy groups -OCH3 is 1. The molecule has 0 fully saturated rings. The highest BCUT2D eigenvalue weighted by molar-refractivity contribution is 7.71. The summed E-state index contributed by atoms with van der Waals surface area (Å²) in [4.78, 5) is 12.1. The third kappa shape index (κ3) is 2.64. The van der Waals surface area contributed by atoms with Crippen LogP contribution in [0.2, 0.25) is 0 Å². The molecule has 0 spiro atoms. The molecule has 0 saturated carbocycles. The van der Waals surface area contributed by atoms with Gasteiger partial charge in [-0.2, -0.15) is 10.2 Å². The van der Waals surface area contributed by atoms with Crippen molar-refractivity contribution in [2.24, 2.45) is 7.05 Å². The Morgan fingerprint density at radius 2 is 2.26 bits per heavy atom. The van der Waals surface area contributed by atoms with Crippen LogP contribution < -0.4 is 5.56 Å². The van der Waals surface area contributed by atoms with Gasteiger partial charge < -0.3 is 4.74 Å². The standard InChI is InChI=1S/C11H15N5O2S/c1-7-6-8(10(17)15(2)14-7)9-12-13-11(19)16(9)4-5-18-3/h6H,4-5H2,1-3H3,(H,13,19). The van der Waals surface area contributed by atoms with Crippen LogP contribution in [0.1, 0.15) is 5.69 Å². The lowest BCUT2D eigenvalue weighted by Crippen LogP contribution is -2.23. The van der Waals surface area contributed by atoms with E-state index in [9.17, 15) is 4.79 Å². The van der Waals surface area contributed by atoms with Gasteiger partial charge in [0.15, 0.2) is 10.6 Å². The molecule has 19 heavy (non-hydrogen) atoms. The van der Waals surface area contributed by atoms with Gasteiger partial charge in [-0.1, -0.05) is 0 Å². The number of H-pyrrole nitrogens is 1. The van der Waals surface area contributed by atoms with Crippen molar-refractivity contribution in [2.75, 3.05) is 13.7 Å². The predicted molar refractivity (Wildman–Crippen MR) is 72.5 cm³/mol. The number of aryl methyl sites for hydroxylation is 2. The quantitative estimate of drug-likeness (QED) is 0.833. The minimum Gasteiger partial charge on any atom is -0.383 e. The molecule has 2 rings (SSSR count). The lowest BCUT2D eigenvalue weighted by molar-refractivity contribution is 0.187. The summed E-state index contributed by atoms with van der Waals surface area (Å²) in [6.07, 6.45) is 0. The highest BCUT2D eigenvalue weighted by atomic mass is 32.1. The molecular weight excluding hydrogens is 266 g/mol. The van der Waals surface area contributed by atoms with Crippen molar-refractivity contribution in [3.05, 3.63) is 26.9 Å². The zero-order chi connectivity index (χ0) is 14.0. The average molecular weight is 281 g/mol. The van der Waals surface area contributed by atoms with Gasteiger partial charge in [0, 0.05) is 14.2 Å². The maximum atomic E-state index is 12.1. The van der Waals surface area contributed by atoms with Crippen molar-refractivity contribution in [3.63, 3.8) is 0 Å². The molecule has 0 bridgehead atoms. The Balaban J connectivity index is 2.60. The zero-order valence-corrected chi connectivity index (χ0v) is 11.8. The molecular formula is C11H15N5O2S. The molecule has 1 N–H and O–H groups in total. The molecule has 0 aliphatic heterocycles. The van der Waals surface area contributed by atoms with Gasteiger partial charge in [0.25, 0.3) is 5.56 Å². The molecule has 102 valence electrons. The Morgan fingerprint density at radius 3 is 2.95 bits per heavy atom. The number of aromatic amines is 1. The second-order valence-corrected chi connectivity index (χ2v) is 4.51. The normalized spacial score (nSPS) is 10.9. The fraction of sp³-hybridized carbons (Fsp3) is 0.455. The fourth-order valence-electron chi connectivity index (χ4n) is 1.83. The fourth-order valence-corrected chi connectivity index (χ4v) is 2.05. The Kier molecular flexibility index (Phi) is 3.91. The maximum absolute atomic E-state index is 12.1. The van der Waals surface area contributed by atoms with Crippen molar-refractivity contribution in [1.82, 2.24) is 24.5 Å². The van der Waals surface area contributed by atoms with Crippen molar-refractivity contribution in [3.8, 4) is 11.4 Å². The Hall–Kier alpha value is -1.80. The summed E-state index contributed by atoms with van der Waals surface area (Å²) >= 11 is 5.16. The van der Waals surface area contributed by atoms with Gasteiger partial charge in [-0.15, -0.1) is 0 Å². The first-order chi connectivity index (χ1) is 9.04. The monoisotopic (exact) mass is 281 g/mol. The molecule has 0 unspecified atom stereocenters. The van der Waals surface area contributed by atoms with Crippen molar-refractivity contribution in [1.29, 1.82) is 0 Å². The lowest BCUT2D eigenvalue weighted by atomic mass is 10.2. The van der Waals surface area contributed by atoms with Crippen LogP contribution in [0.3, 0.4) is 0 Å². The summed E-state index contributed by atoms with van der Waals surface area (Å²) in [6.45, 7) is 2.85. The summed E-state index contributed by atoms with van der Waals surface area (Å²) in [5.74, 6) is 0.508. The van der Waals surface area contributed by atoms with Crippen molar-refractivity contribution in [2.45, 2.75) is 13.5 Å². The third-order valence-corrected chi connectivity index (χ3v) is 3.02. The lowest BCUT2D eigenvalue weighted by Gasteiger charge is -2.07. The zero-order valence-electron chi connectivity index (χ0n) is 11.0. The van der Waals surface area contributed by atoms with Gasteiger partial charge in [-0.05, 0) is 25.2 Å². The Morgan fingerprint density at radius 1 is 1.53 bits per heavy atom. The van der Waals surface area contributed by atoms with Crippen LogP contribution >= 0.6 is 12.2 Å². The smallest absolute Gasteiger partial charge is 0.277 e. The van der Waals surface area contributed by atoms with E-state index >= 15 is 0 Å². The van der Waals surface area contributed by atoms with E-state index in [4.69, 9.17) is 17.0 Å². The number of nitrogens with zero attached hydrogens (tertiary/aromatic N) is 4. The molecule has 0 aliphatic rings. The van der Waals surface area contributed by atoms with E-state index in [-0.39, 0.29) is 5.56 Å². The summed E-state index contributed by atoms with van der Waals surface area (Å²) in [6, 6.07) is 1.70. The van der Waals surface area contributed by atoms with Crippen LogP contribution in [0.15, 0.2) is 10.9 Å². The second-order valence-electron chi connectivity index (χ2n) is 4.12. The summed E-state index contributed by atoms with van der Waals surface area (Å²) in [5, 5.41) is 10.9. The molecule has 0 aromatic carbocycles. The van der Waals surface area contributed by atoms with Crippen LogP contribution in [0.5, 0.6) is 0 Å². The first-order valence-corrected chi connectivity index (χ1v) is 6.15. The van der Waals surface area contributed by atoms with Gasteiger partial charge >= 0.3 is 0 Å². The number of hydrogen-bond donors (Lipinski definition) is 1. The topological polar surface area (TPSA) is 77.7 Å². The minimum atomic E-state index is -0.210. The molecule has 0 amide bonds. The van der Waals surface area contributed by atoms with E-state index in [1.165, 1.54) is 4.68 Å². The largest absolute Gasteiger partial charge is 0.383 e. The number of hydrogen-bond acceptors (Lipinski definition) is 5. The second kappa shape index (κ2) is 5.45.